The number of carbonyl (C=O) groups is 1. The number of amides is 1. The Morgan fingerprint density at radius 3 is 2.27 bits per heavy atom. The molecule has 2 aliphatic rings. The lowest BCUT2D eigenvalue weighted by molar-refractivity contribution is -0.121. The van der Waals surface area contributed by atoms with Gasteiger partial charge < -0.3 is 14.5 Å². The van der Waals surface area contributed by atoms with E-state index in [1.807, 2.05) is 29.2 Å². The normalized spacial score (nSPS) is 21.4. The zero-order valence-electron chi connectivity index (χ0n) is 15.1. The monoisotopic (exact) mass is 511 g/mol. The molecule has 0 bridgehead atoms. The van der Waals surface area contributed by atoms with Crippen LogP contribution >= 0.6 is 45.6 Å². The highest BCUT2D eigenvalue weighted by Crippen LogP contribution is 2.27. The van der Waals surface area contributed by atoms with Gasteiger partial charge in [0.05, 0.1) is 12.5 Å². The molecule has 0 spiro atoms. The van der Waals surface area contributed by atoms with Crippen LogP contribution in [0.15, 0.2) is 24.3 Å². The van der Waals surface area contributed by atoms with Crippen molar-refractivity contribution in [3.05, 3.63) is 29.3 Å². The summed E-state index contributed by atoms with van der Waals surface area (Å²) in [6.45, 7) is 7.66. The summed E-state index contributed by atoms with van der Waals surface area (Å²) in [5.74, 6) is 0.366. The van der Waals surface area contributed by atoms with Gasteiger partial charge in [0, 0.05) is 63.6 Å². The van der Waals surface area contributed by atoms with Crippen molar-refractivity contribution in [2.75, 3.05) is 64.4 Å². The number of benzene rings is 1. The van der Waals surface area contributed by atoms with E-state index in [0.29, 0.717) is 5.02 Å². The van der Waals surface area contributed by atoms with E-state index in [9.17, 15) is 4.79 Å². The second kappa shape index (κ2) is 11.6. The number of anilines is 1. The lowest BCUT2D eigenvalue weighted by atomic mass is 10.1. The second-order valence-electron chi connectivity index (χ2n) is 6.59. The Hall–Kier alpha value is -0.180. The van der Waals surface area contributed by atoms with Crippen LogP contribution in [0.2, 0.25) is 5.02 Å². The number of piperazine rings is 1. The summed E-state index contributed by atoms with van der Waals surface area (Å²) in [6, 6.07) is 7.54. The SMILES string of the molecule is Br.Br.COCCN1CCN(C[C@H]2CCN(c3ccc(Cl)cc3)C2=O)CC1. The molecule has 1 atom stereocenters. The Kier molecular flexibility index (Phi) is 10.7. The Morgan fingerprint density at radius 2 is 1.65 bits per heavy atom. The van der Waals surface area contributed by atoms with Crippen molar-refractivity contribution in [1.82, 2.24) is 9.80 Å². The number of methoxy groups -OCH3 is 1. The number of hydrogen-bond acceptors (Lipinski definition) is 4. The van der Waals surface area contributed by atoms with Gasteiger partial charge in [-0.05, 0) is 30.7 Å². The predicted octanol–water partition coefficient (Wildman–Crippen LogP) is 3.11. The molecule has 0 saturated carbocycles. The highest BCUT2D eigenvalue weighted by molar-refractivity contribution is 8.93. The molecule has 1 aromatic rings. The smallest absolute Gasteiger partial charge is 0.231 e. The Bertz CT molecular complexity index is 554. The summed E-state index contributed by atoms with van der Waals surface area (Å²) in [5.41, 5.74) is 0.955. The lowest BCUT2D eigenvalue weighted by Crippen LogP contribution is -2.49. The molecule has 0 N–H and O–H groups in total. The fourth-order valence-electron chi connectivity index (χ4n) is 3.51. The van der Waals surface area contributed by atoms with E-state index in [0.717, 1.165) is 64.5 Å². The van der Waals surface area contributed by atoms with E-state index in [2.05, 4.69) is 9.80 Å². The van der Waals surface area contributed by atoms with Crippen LogP contribution in [0.5, 0.6) is 0 Å². The maximum absolute atomic E-state index is 12.7. The molecule has 1 amide bonds. The van der Waals surface area contributed by atoms with Crippen LogP contribution in [-0.2, 0) is 9.53 Å². The highest BCUT2D eigenvalue weighted by Gasteiger charge is 2.34. The Morgan fingerprint density at radius 1 is 1.04 bits per heavy atom. The van der Waals surface area contributed by atoms with E-state index in [1.165, 1.54) is 0 Å². The van der Waals surface area contributed by atoms with Gasteiger partial charge in [0.15, 0.2) is 0 Å². The Labute approximate surface area is 182 Å². The molecule has 5 nitrogen and oxygen atoms in total. The van der Waals surface area contributed by atoms with Gasteiger partial charge >= 0.3 is 0 Å². The molecule has 0 unspecified atom stereocenters. The number of hydrogen-bond donors (Lipinski definition) is 0. The molecule has 8 heteroatoms. The maximum Gasteiger partial charge on any atom is 0.231 e. The molecule has 3 rings (SSSR count). The van der Waals surface area contributed by atoms with Gasteiger partial charge in [0.25, 0.3) is 0 Å². The molecule has 0 radical (unpaired) electrons. The first kappa shape index (κ1) is 23.9. The summed E-state index contributed by atoms with van der Waals surface area (Å²) < 4.78 is 5.14. The second-order valence-corrected chi connectivity index (χ2v) is 7.02. The third kappa shape index (κ3) is 6.17. The van der Waals surface area contributed by atoms with Gasteiger partial charge in [-0.3, -0.25) is 9.69 Å². The third-order valence-corrected chi connectivity index (χ3v) is 5.26. The summed E-state index contributed by atoms with van der Waals surface area (Å²) in [4.78, 5) is 19.5. The van der Waals surface area contributed by atoms with Gasteiger partial charge in [-0.1, -0.05) is 11.6 Å². The summed E-state index contributed by atoms with van der Waals surface area (Å²) in [5, 5.41) is 0.702. The molecular formula is C18H28Br2ClN3O2. The summed E-state index contributed by atoms with van der Waals surface area (Å²) >= 11 is 5.93. The topological polar surface area (TPSA) is 36.0 Å². The van der Waals surface area contributed by atoms with Gasteiger partial charge in [0.2, 0.25) is 5.91 Å². The average Bonchev–Trinajstić information content (AvgIpc) is 2.96. The standard InChI is InChI=1S/C18H26ClN3O2.2BrH/c1-24-13-12-20-8-10-21(11-9-20)14-15-6-7-22(18(15)23)17-4-2-16(19)3-5-17;;/h2-5,15H,6-14H2,1H3;2*1H/t15-;;/m1../s1. The third-order valence-electron chi connectivity index (χ3n) is 5.01. The maximum atomic E-state index is 12.7. The molecule has 2 saturated heterocycles. The molecule has 2 aliphatic heterocycles. The molecule has 0 aliphatic carbocycles. The predicted molar refractivity (Wildman–Crippen MR) is 117 cm³/mol. The van der Waals surface area contributed by atoms with Crippen LogP contribution in [-0.4, -0.2) is 75.2 Å². The van der Waals surface area contributed by atoms with Gasteiger partial charge in [-0.25, -0.2) is 0 Å². The van der Waals surface area contributed by atoms with E-state index in [-0.39, 0.29) is 45.8 Å². The van der Waals surface area contributed by atoms with Crippen molar-refractivity contribution in [3.63, 3.8) is 0 Å². The van der Waals surface area contributed by atoms with Gasteiger partial charge in [0.1, 0.15) is 0 Å². The van der Waals surface area contributed by atoms with E-state index < -0.39 is 0 Å². The first-order chi connectivity index (χ1) is 11.7. The van der Waals surface area contributed by atoms with Gasteiger partial charge in [-0.2, -0.15) is 0 Å². The fraction of sp³-hybridized carbons (Fsp3) is 0.611. The van der Waals surface area contributed by atoms with Crippen molar-refractivity contribution in [2.45, 2.75) is 6.42 Å². The summed E-state index contributed by atoms with van der Waals surface area (Å²) in [7, 11) is 1.74. The number of halogens is 3. The fourth-order valence-corrected chi connectivity index (χ4v) is 3.64. The summed E-state index contributed by atoms with van der Waals surface area (Å²) in [6.07, 6.45) is 0.936. The molecule has 26 heavy (non-hydrogen) atoms. The first-order valence-electron chi connectivity index (χ1n) is 8.68. The van der Waals surface area contributed by atoms with Gasteiger partial charge in [-0.15, -0.1) is 34.0 Å². The largest absolute Gasteiger partial charge is 0.383 e. The quantitative estimate of drug-likeness (QED) is 0.586. The average molecular weight is 514 g/mol. The molecule has 148 valence electrons. The number of nitrogens with zero attached hydrogens (tertiary/aromatic N) is 3. The van der Waals surface area contributed by atoms with Crippen LogP contribution in [0.1, 0.15) is 6.42 Å². The van der Waals surface area contributed by atoms with E-state index >= 15 is 0 Å². The zero-order valence-corrected chi connectivity index (χ0v) is 19.3. The van der Waals surface area contributed by atoms with E-state index in [4.69, 9.17) is 16.3 Å². The van der Waals surface area contributed by atoms with Crippen LogP contribution < -0.4 is 4.90 Å². The highest BCUT2D eigenvalue weighted by atomic mass is 79.9. The number of rotatable bonds is 6. The first-order valence-corrected chi connectivity index (χ1v) is 9.06. The Balaban J connectivity index is 0.00000169. The number of ether oxygens (including phenoxy) is 1. The van der Waals surface area contributed by atoms with Crippen molar-refractivity contribution in [2.24, 2.45) is 5.92 Å². The van der Waals surface area contributed by atoms with Crippen molar-refractivity contribution in [1.29, 1.82) is 0 Å². The lowest BCUT2D eigenvalue weighted by Gasteiger charge is -2.35. The molecule has 2 heterocycles. The minimum atomic E-state index is 0. The minimum Gasteiger partial charge on any atom is -0.383 e. The zero-order chi connectivity index (χ0) is 16.9. The van der Waals surface area contributed by atoms with Crippen LogP contribution in [0.25, 0.3) is 0 Å². The molecule has 0 aromatic heterocycles. The number of carbonyl (C=O) groups excluding carboxylic acids is 1. The van der Waals surface area contributed by atoms with E-state index in [1.54, 1.807) is 7.11 Å². The van der Waals surface area contributed by atoms with Crippen molar-refractivity contribution in [3.8, 4) is 0 Å². The molecular weight excluding hydrogens is 485 g/mol. The van der Waals surface area contributed by atoms with Crippen LogP contribution in [0.3, 0.4) is 0 Å². The van der Waals surface area contributed by atoms with Crippen molar-refractivity contribution < 1.29 is 9.53 Å². The van der Waals surface area contributed by atoms with Crippen LogP contribution in [0.4, 0.5) is 5.69 Å². The minimum absolute atomic E-state index is 0. The molecule has 1 aromatic carbocycles. The van der Waals surface area contributed by atoms with Crippen LogP contribution in [0, 0.1) is 5.92 Å². The molecule has 2 fully saturated rings. The van der Waals surface area contributed by atoms with Crippen molar-refractivity contribution >= 4 is 57.2 Å².